The minimum Gasteiger partial charge on any atom is -0.486 e. The quantitative estimate of drug-likeness (QED) is 0.866. The molecule has 1 aromatic carbocycles. The maximum atomic E-state index is 12.4. The largest absolute Gasteiger partial charge is 0.486 e. The van der Waals surface area contributed by atoms with Gasteiger partial charge in [-0.1, -0.05) is 39.8 Å². The number of hydrogen-bond donors (Lipinski definition) is 1. The second-order valence-electron chi connectivity index (χ2n) is 6.37. The SMILES string of the molecule is CC(C)c1cccc2c1OC(C(C)C)CN2C(=O)/C=C/C(=O)O. The summed E-state index contributed by atoms with van der Waals surface area (Å²) in [6.45, 7) is 8.66. The summed E-state index contributed by atoms with van der Waals surface area (Å²) in [6.07, 6.45) is 1.84. The van der Waals surface area contributed by atoms with Crippen LogP contribution in [0.5, 0.6) is 5.75 Å². The highest BCUT2D eigenvalue weighted by atomic mass is 16.5. The number of hydrogen-bond acceptors (Lipinski definition) is 3. The van der Waals surface area contributed by atoms with E-state index >= 15 is 0 Å². The molecule has 1 aliphatic rings. The van der Waals surface area contributed by atoms with Crippen LogP contribution >= 0.6 is 0 Å². The Labute approximate surface area is 136 Å². The number of amides is 1. The summed E-state index contributed by atoms with van der Waals surface area (Å²) in [5.74, 6) is -0.249. The highest BCUT2D eigenvalue weighted by Gasteiger charge is 2.32. The van der Waals surface area contributed by atoms with Gasteiger partial charge < -0.3 is 14.7 Å². The lowest BCUT2D eigenvalue weighted by molar-refractivity contribution is -0.131. The van der Waals surface area contributed by atoms with Gasteiger partial charge in [-0.15, -0.1) is 0 Å². The molecule has 5 heteroatoms. The van der Waals surface area contributed by atoms with E-state index in [-0.39, 0.29) is 23.8 Å². The lowest BCUT2D eigenvalue weighted by atomic mass is 9.97. The zero-order chi connectivity index (χ0) is 17.1. The Kier molecular flexibility index (Phi) is 5.08. The van der Waals surface area contributed by atoms with Gasteiger partial charge in [0.25, 0.3) is 5.91 Å². The van der Waals surface area contributed by atoms with Gasteiger partial charge in [-0.25, -0.2) is 4.79 Å². The van der Waals surface area contributed by atoms with Gasteiger partial charge in [0.1, 0.15) is 11.9 Å². The molecule has 23 heavy (non-hydrogen) atoms. The Morgan fingerprint density at radius 3 is 2.52 bits per heavy atom. The summed E-state index contributed by atoms with van der Waals surface area (Å²) in [7, 11) is 0. The smallest absolute Gasteiger partial charge is 0.328 e. The van der Waals surface area contributed by atoms with Crippen LogP contribution in [0.3, 0.4) is 0 Å². The van der Waals surface area contributed by atoms with Crippen molar-refractivity contribution >= 4 is 17.6 Å². The molecule has 1 amide bonds. The fraction of sp³-hybridized carbons (Fsp3) is 0.444. The predicted octanol–water partition coefficient (Wildman–Crippen LogP) is 3.20. The number of carbonyl (C=O) groups excluding carboxylic acids is 1. The van der Waals surface area contributed by atoms with Crippen molar-refractivity contribution < 1.29 is 19.4 Å². The molecule has 1 aliphatic heterocycles. The fourth-order valence-electron chi connectivity index (χ4n) is 2.59. The molecule has 1 heterocycles. The number of ether oxygens (including phenoxy) is 1. The monoisotopic (exact) mass is 317 g/mol. The molecule has 0 spiro atoms. The molecule has 124 valence electrons. The third-order valence-corrected chi connectivity index (χ3v) is 3.95. The molecule has 0 bridgehead atoms. The summed E-state index contributed by atoms with van der Waals surface area (Å²) >= 11 is 0. The van der Waals surface area contributed by atoms with Crippen molar-refractivity contribution in [2.24, 2.45) is 5.92 Å². The van der Waals surface area contributed by atoms with Crippen molar-refractivity contribution in [3.05, 3.63) is 35.9 Å². The molecule has 0 aliphatic carbocycles. The van der Waals surface area contributed by atoms with Crippen LogP contribution in [0.15, 0.2) is 30.4 Å². The zero-order valence-corrected chi connectivity index (χ0v) is 13.9. The van der Waals surface area contributed by atoms with Crippen molar-refractivity contribution in [2.75, 3.05) is 11.4 Å². The highest BCUT2D eigenvalue weighted by Crippen LogP contribution is 2.40. The van der Waals surface area contributed by atoms with Gasteiger partial charge in [0.05, 0.1) is 12.2 Å². The first-order valence-corrected chi connectivity index (χ1v) is 7.83. The number of benzene rings is 1. The van der Waals surface area contributed by atoms with Crippen LogP contribution in [0.25, 0.3) is 0 Å². The van der Waals surface area contributed by atoms with Crippen LogP contribution < -0.4 is 9.64 Å². The second kappa shape index (κ2) is 6.86. The van der Waals surface area contributed by atoms with E-state index < -0.39 is 5.97 Å². The van der Waals surface area contributed by atoms with Gasteiger partial charge in [0, 0.05) is 12.2 Å². The van der Waals surface area contributed by atoms with E-state index in [1.54, 1.807) is 4.90 Å². The van der Waals surface area contributed by atoms with Crippen LogP contribution in [-0.2, 0) is 9.59 Å². The van der Waals surface area contributed by atoms with Crippen LogP contribution in [0.4, 0.5) is 5.69 Å². The Morgan fingerprint density at radius 2 is 1.96 bits per heavy atom. The molecule has 0 aromatic heterocycles. The Balaban J connectivity index is 2.46. The molecular formula is C18H23NO4. The molecular weight excluding hydrogens is 294 g/mol. The van der Waals surface area contributed by atoms with Crippen LogP contribution in [-0.4, -0.2) is 29.6 Å². The summed E-state index contributed by atoms with van der Waals surface area (Å²) in [5.41, 5.74) is 1.75. The van der Waals surface area contributed by atoms with Gasteiger partial charge >= 0.3 is 5.97 Å². The maximum Gasteiger partial charge on any atom is 0.328 e. The predicted molar refractivity (Wildman–Crippen MR) is 88.9 cm³/mol. The van der Waals surface area contributed by atoms with E-state index in [9.17, 15) is 9.59 Å². The third kappa shape index (κ3) is 3.73. The van der Waals surface area contributed by atoms with Gasteiger partial charge in [0.15, 0.2) is 0 Å². The van der Waals surface area contributed by atoms with Crippen molar-refractivity contribution in [3.8, 4) is 5.75 Å². The Hall–Kier alpha value is -2.30. The first-order chi connectivity index (χ1) is 10.8. The topological polar surface area (TPSA) is 66.8 Å². The first-order valence-electron chi connectivity index (χ1n) is 7.83. The van der Waals surface area contributed by atoms with Crippen molar-refractivity contribution in [2.45, 2.75) is 39.7 Å². The highest BCUT2D eigenvalue weighted by molar-refractivity contribution is 6.05. The average Bonchev–Trinajstić information content (AvgIpc) is 2.50. The number of rotatable bonds is 4. The molecule has 0 saturated carbocycles. The average molecular weight is 317 g/mol. The van der Waals surface area contributed by atoms with Crippen molar-refractivity contribution in [3.63, 3.8) is 0 Å². The summed E-state index contributed by atoms with van der Waals surface area (Å²) in [4.78, 5) is 24.7. The number of anilines is 1. The van der Waals surface area contributed by atoms with Crippen LogP contribution in [0.1, 0.15) is 39.2 Å². The van der Waals surface area contributed by atoms with Crippen LogP contribution in [0, 0.1) is 5.92 Å². The molecule has 1 N–H and O–H groups in total. The molecule has 2 rings (SSSR count). The van der Waals surface area contributed by atoms with E-state index in [4.69, 9.17) is 9.84 Å². The number of carbonyl (C=O) groups is 2. The molecule has 5 nitrogen and oxygen atoms in total. The number of nitrogens with zero attached hydrogens (tertiary/aromatic N) is 1. The third-order valence-electron chi connectivity index (χ3n) is 3.95. The van der Waals surface area contributed by atoms with E-state index in [1.807, 2.05) is 32.0 Å². The summed E-state index contributed by atoms with van der Waals surface area (Å²) in [5, 5.41) is 8.73. The van der Waals surface area contributed by atoms with Crippen molar-refractivity contribution in [1.82, 2.24) is 0 Å². The second-order valence-corrected chi connectivity index (χ2v) is 6.37. The Bertz CT molecular complexity index is 634. The normalized spacial score (nSPS) is 17.5. The van der Waals surface area contributed by atoms with E-state index in [0.29, 0.717) is 12.2 Å². The number of fused-ring (bicyclic) bond motifs is 1. The molecule has 1 atom stereocenters. The fourth-order valence-corrected chi connectivity index (χ4v) is 2.59. The van der Waals surface area contributed by atoms with E-state index in [1.165, 1.54) is 0 Å². The minimum atomic E-state index is -1.14. The molecule has 0 radical (unpaired) electrons. The molecule has 0 saturated heterocycles. The maximum absolute atomic E-state index is 12.4. The number of para-hydroxylation sites is 1. The minimum absolute atomic E-state index is 0.121. The van der Waals surface area contributed by atoms with Gasteiger partial charge in [0.2, 0.25) is 0 Å². The lowest BCUT2D eigenvalue weighted by Gasteiger charge is -2.37. The summed E-state index contributed by atoms with van der Waals surface area (Å²) in [6, 6.07) is 5.74. The van der Waals surface area contributed by atoms with E-state index in [0.717, 1.165) is 23.5 Å². The Morgan fingerprint density at radius 1 is 1.26 bits per heavy atom. The van der Waals surface area contributed by atoms with Gasteiger partial charge in [-0.05, 0) is 23.5 Å². The first kappa shape index (κ1) is 17.1. The van der Waals surface area contributed by atoms with Gasteiger partial charge in [-0.2, -0.15) is 0 Å². The summed E-state index contributed by atoms with van der Waals surface area (Å²) < 4.78 is 6.16. The molecule has 1 aromatic rings. The van der Waals surface area contributed by atoms with Gasteiger partial charge in [-0.3, -0.25) is 4.79 Å². The van der Waals surface area contributed by atoms with Crippen LogP contribution in [0.2, 0.25) is 0 Å². The number of carboxylic acid groups (broad SMARTS) is 1. The number of carboxylic acids is 1. The zero-order valence-electron chi connectivity index (χ0n) is 13.9. The lowest BCUT2D eigenvalue weighted by Crippen LogP contribution is -2.45. The van der Waals surface area contributed by atoms with E-state index in [2.05, 4.69) is 13.8 Å². The molecule has 1 unspecified atom stereocenters. The van der Waals surface area contributed by atoms with Crippen molar-refractivity contribution in [1.29, 1.82) is 0 Å². The standard InChI is InChI=1S/C18H23NO4/c1-11(2)13-6-5-7-14-18(13)23-15(12(3)4)10-19(14)16(20)8-9-17(21)22/h5-9,11-12,15H,10H2,1-4H3,(H,21,22)/b9-8+. The molecule has 0 fully saturated rings. The number of aliphatic carboxylic acids is 1.